The fraction of sp³-hybridized carbons (Fsp3) is 0.286. The average Bonchev–Trinajstić information content (AvgIpc) is 2.35. The largest absolute Gasteiger partial charge is 0.425 e. The van der Waals surface area contributed by atoms with Crippen LogP contribution >= 0.6 is 0 Å². The van der Waals surface area contributed by atoms with Gasteiger partial charge in [-0.2, -0.15) is 0 Å². The zero-order valence-corrected chi connectivity index (χ0v) is 5.93. The monoisotopic (exact) mass is 136 g/mol. The van der Waals surface area contributed by atoms with Crippen LogP contribution in [0, 0.1) is 13.8 Å². The van der Waals surface area contributed by atoms with Crippen molar-refractivity contribution in [1.29, 1.82) is 0 Å². The molecular weight excluding hydrogens is 128 g/mol. The van der Waals surface area contributed by atoms with Gasteiger partial charge >= 0.3 is 0 Å². The van der Waals surface area contributed by atoms with Gasteiger partial charge in [0.05, 0.1) is 0 Å². The number of aryl methyl sites for hydroxylation is 2. The van der Waals surface area contributed by atoms with Crippen LogP contribution in [0.4, 0.5) is 0 Å². The van der Waals surface area contributed by atoms with Crippen molar-refractivity contribution in [1.82, 2.24) is 9.97 Å². The van der Waals surface area contributed by atoms with Gasteiger partial charge in [0.2, 0.25) is 5.71 Å². The molecule has 2 rings (SSSR count). The second-order valence-electron chi connectivity index (χ2n) is 2.38. The highest BCUT2D eigenvalue weighted by molar-refractivity contribution is 5.73. The van der Waals surface area contributed by atoms with Crippen LogP contribution in [0.2, 0.25) is 0 Å². The maximum Gasteiger partial charge on any atom is 0.225 e. The molecule has 3 heteroatoms. The van der Waals surface area contributed by atoms with Crippen LogP contribution < -0.4 is 0 Å². The molecule has 0 bridgehead atoms. The quantitative estimate of drug-likeness (QED) is 0.599. The van der Waals surface area contributed by atoms with Crippen LogP contribution in [0.25, 0.3) is 11.2 Å². The van der Waals surface area contributed by atoms with E-state index in [9.17, 15) is 0 Å². The molecule has 0 aliphatic heterocycles. The lowest BCUT2D eigenvalue weighted by atomic mass is 10.4. The molecule has 0 amide bonds. The highest BCUT2D eigenvalue weighted by Crippen LogP contribution is 2.16. The number of rotatable bonds is 0. The lowest BCUT2D eigenvalue weighted by Gasteiger charge is -1.75. The zero-order valence-electron chi connectivity index (χ0n) is 5.93. The molecule has 10 heavy (non-hydrogen) atoms. The molecule has 0 radical (unpaired) electrons. The fourth-order valence-corrected chi connectivity index (χ4v) is 1.03. The number of H-pyrrole nitrogens is 1. The summed E-state index contributed by atoms with van der Waals surface area (Å²) in [6.45, 7) is 3.84. The molecule has 52 valence electrons. The third-order valence-electron chi connectivity index (χ3n) is 1.53. The summed E-state index contributed by atoms with van der Waals surface area (Å²) in [5, 5.41) is 0. The molecule has 0 saturated carbocycles. The molecule has 0 spiro atoms. The number of aromatic amines is 1. The molecule has 0 saturated heterocycles. The van der Waals surface area contributed by atoms with Gasteiger partial charge in [0, 0.05) is 13.1 Å². The van der Waals surface area contributed by atoms with Gasteiger partial charge in [-0.3, -0.25) is 0 Å². The van der Waals surface area contributed by atoms with Crippen molar-refractivity contribution in [2.24, 2.45) is 0 Å². The standard InChI is InChI=1S/C7H8N2O/c1-4-3-8-7-6(4)9-5(2)10-7/h3,8H,1-2H3. The SMILES string of the molecule is Cc1nc2c(C)c[nH]c2o1. The van der Waals surface area contributed by atoms with E-state index in [-0.39, 0.29) is 0 Å². The summed E-state index contributed by atoms with van der Waals surface area (Å²) in [7, 11) is 0. The molecule has 2 heterocycles. The molecule has 2 aromatic heterocycles. The molecule has 1 N–H and O–H groups in total. The van der Waals surface area contributed by atoms with E-state index in [0.29, 0.717) is 5.89 Å². The van der Waals surface area contributed by atoms with E-state index >= 15 is 0 Å². The molecule has 3 nitrogen and oxygen atoms in total. The minimum Gasteiger partial charge on any atom is -0.425 e. The van der Waals surface area contributed by atoms with Crippen LogP contribution in [0.5, 0.6) is 0 Å². The molecule has 0 aliphatic rings. The Hall–Kier alpha value is -1.25. The van der Waals surface area contributed by atoms with Crippen molar-refractivity contribution in [2.45, 2.75) is 13.8 Å². The van der Waals surface area contributed by atoms with Crippen LogP contribution in [0.1, 0.15) is 11.5 Å². The number of fused-ring (bicyclic) bond motifs is 1. The second-order valence-corrected chi connectivity index (χ2v) is 2.38. The van der Waals surface area contributed by atoms with Gasteiger partial charge < -0.3 is 9.40 Å². The first-order valence-corrected chi connectivity index (χ1v) is 3.18. The zero-order chi connectivity index (χ0) is 7.14. The maximum absolute atomic E-state index is 5.22. The smallest absolute Gasteiger partial charge is 0.225 e. The highest BCUT2D eigenvalue weighted by Gasteiger charge is 2.04. The summed E-state index contributed by atoms with van der Waals surface area (Å²) in [5.41, 5.74) is 2.85. The first-order valence-electron chi connectivity index (χ1n) is 3.18. The number of oxazole rings is 1. The van der Waals surface area contributed by atoms with Crippen LogP contribution in [-0.2, 0) is 0 Å². The number of hydrogen-bond acceptors (Lipinski definition) is 2. The van der Waals surface area contributed by atoms with Crippen molar-refractivity contribution in [3.05, 3.63) is 17.7 Å². The van der Waals surface area contributed by atoms with Gasteiger partial charge in [-0.25, -0.2) is 4.98 Å². The first-order chi connectivity index (χ1) is 4.77. The highest BCUT2D eigenvalue weighted by atomic mass is 16.4. The van der Waals surface area contributed by atoms with Crippen LogP contribution in [0.3, 0.4) is 0 Å². The van der Waals surface area contributed by atoms with E-state index in [2.05, 4.69) is 9.97 Å². The van der Waals surface area contributed by atoms with Gasteiger partial charge in [-0.1, -0.05) is 0 Å². The number of nitrogens with zero attached hydrogens (tertiary/aromatic N) is 1. The predicted octanol–water partition coefficient (Wildman–Crippen LogP) is 1.77. The van der Waals surface area contributed by atoms with E-state index in [4.69, 9.17) is 4.42 Å². The van der Waals surface area contributed by atoms with Crippen LogP contribution in [-0.4, -0.2) is 9.97 Å². The number of hydrogen-bond donors (Lipinski definition) is 1. The summed E-state index contributed by atoms with van der Waals surface area (Å²) in [5.74, 6) is 0.713. The van der Waals surface area contributed by atoms with E-state index in [1.54, 1.807) is 0 Å². The lowest BCUT2D eigenvalue weighted by Crippen LogP contribution is -1.68. The number of aromatic nitrogens is 2. The summed E-state index contributed by atoms with van der Waals surface area (Å²) < 4.78 is 5.22. The predicted molar refractivity (Wildman–Crippen MR) is 37.8 cm³/mol. The second kappa shape index (κ2) is 1.62. The number of nitrogens with one attached hydrogen (secondary N) is 1. The summed E-state index contributed by atoms with van der Waals surface area (Å²) >= 11 is 0. The summed E-state index contributed by atoms with van der Waals surface area (Å²) in [4.78, 5) is 7.15. The Morgan fingerprint density at radius 2 is 2.30 bits per heavy atom. The Kier molecular flexibility index (Phi) is 0.897. The maximum atomic E-state index is 5.22. The van der Waals surface area contributed by atoms with Gasteiger partial charge in [0.25, 0.3) is 0 Å². The van der Waals surface area contributed by atoms with E-state index < -0.39 is 0 Å². The van der Waals surface area contributed by atoms with E-state index in [1.165, 1.54) is 0 Å². The van der Waals surface area contributed by atoms with Gasteiger partial charge in [0.15, 0.2) is 5.89 Å². The minimum absolute atomic E-state index is 0.713. The Morgan fingerprint density at radius 1 is 1.50 bits per heavy atom. The molecule has 2 aromatic rings. The van der Waals surface area contributed by atoms with Crippen molar-refractivity contribution in [2.75, 3.05) is 0 Å². The van der Waals surface area contributed by atoms with E-state index in [1.807, 2.05) is 20.0 Å². The van der Waals surface area contributed by atoms with Gasteiger partial charge in [-0.15, -0.1) is 0 Å². The Morgan fingerprint density at radius 3 is 3.00 bits per heavy atom. The third kappa shape index (κ3) is 0.572. The van der Waals surface area contributed by atoms with Gasteiger partial charge in [-0.05, 0) is 12.5 Å². The molecular formula is C7H8N2O. The molecule has 0 aromatic carbocycles. The average molecular weight is 136 g/mol. The Labute approximate surface area is 58.1 Å². The summed E-state index contributed by atoms with van der Waals surface area (Å²) in [6.07, 6.45) is 1.89. The minimum atomic E-state index is 0.713. The van der Waals surface area contributed by atoms with Crippen molar-refractivity contribution in [3.8, 4) is 0 Å². The normalized spacial score (nSPS) is 11.0. The summed E-state index contributed by atoms with van der Waals surface area (Å²) in [6, 6.07) is 0. The third-order valence-corrected chi connectivity index (χ3v) is 1.53. The molecule has 0 fully saturated rings. The van der Waals surface area contributed by atoms with Crippen molar-refractivity contribution < 1.29 is 4.42 Å². The topological polar surface area (TPSA) is 41.8 Å². The fourth-order valence-electron chi connectivity index (χ4n) is 1.03. The lowest BCUT2D eigenvalue weighted by molar-refractivity contribution is 0.551. The molecule has 0 aliphatic carbocycles. The van der Waals surface area contributed by atoms with Crippen LogP contribution in [0.15, 0.2) is 10.6 Å². The Bertz CT molecular complexity index is 358. The molecule has 0 atom stereocenters. The van der Waals surface area contributed by atoms with Crippen molar-refractivity contribution in [3.63, 3.8) is 0 Å². The van der Waals surface area contributed by atoms with Crippen molar-refractivity contribution >= 4 is 11.2 Å². The first kappa shape index (κ1) is 5.53. The Balaban J connectivity index is 2.90. The molecule has 0 unspecified atom stereocenters. The van der Waals surface area contributed by atoms with E-state index in [0.717, 1.165) is 16.8 Å². The van der Waals surface area contributed by atoms with Gasteiger partial charge in [0.1, 0.15) is 5.52 Å².